The molecule has 8 heteroatoms. The molecule has 2 rings (SSSR count). The first-order chi connectivity index (χ1) is 9.12. The molecule has 2 heterocycles. The number of rotatable bonds is 5. The van der Waals surface area contributed by atoms with E-state index in [-0.39, 0.29) is 12.0 Å². The molecular weight excluding hydrogens is 246 g/mol. The fourth-order valence-corrected chi connectivity index (χ4v) is 1.64. The fourth-order valence-electron chi connectivity index (χ4n) is 1.64. The second kappa shape index (κ2) is 5.51. The van der Waals surface area contributed by atoms with E-state index in [0.717, 1.165) is 17.8 Å². The summed E-state index contributed by atoms with van der Waals surface area (Å²) >= 11 is 0. The normalized spacial score (nSPS) is 10.5. The van der Waals surface area contributed by atoms with Crippen LogP contribution in [0.1, 0.15) is 19.5 Å². The highest BCUT2D eigenvalue weighted by Crippen LogP contribution is 2.19. The zero-order valence-electron chi connectivity index (χ0n) is 11.2. The van der Waals surface area contributed by atoms with Crippen LogP contribution in [-0.4, -0.2) is 31.3 Å². The predicted octanol–water partition coefficient (Wildman–Crippen LogP) is 0.892. The number of aromatic nitrogens is 5. The number of nitrogens with zero attached hydrogens (tertiary/aromatic N) is 5. The van der Waals surface area contributed by atoms with Gasteiger partial charge in [-0.1, -0.05) is 6.92 Å². The molecule has 0 atom stereocenters. The van der Waals surface area contributed by atoms with Gasteiger partial charge in [-0.25, -0.2) is 0 Å². The van der Waals surface area contributed by atoms with Crippen LogP contribution < -0.4 is 15.8 Å². The quantitative estimate of drug-likeness (QED) is 0.825. The summed E-state index contributed by atoms with van der Waals surface area (Å²) in [6, 6.07) is 0.208. The molecule has 8 nitrogen and oxygen atoms in total. The zero-order valence-corrected chi connectivity index (χ0v) is 11.2. The highest BCUT2D eigenvalue weighted by molar-refractivity contribution is 5.56. The van der Waals surface area contributed by atoms with E-state index >= 15 is 0 Å². The van der Waals surface area contributed by atoms with Crippen molar-refractivity contribution in [2.24, 2.45) is 7.05 Å². The summed E-state index contributed by atoms with van der Waals surface area (Å²) in [5, 5.41) is 7.41. The van der Waals surface area contributed by atoms with Crippen LogP contribution in [0.3, 0.4) is 0 Å². The van der Waals surface area contributed by atoms with Gasteiger partial charge in [-0.2, -0.15) is 20.1 Å². The Bertz CT molecular complexity index is 566. The van der Waals surface area contributed by atoms with Crippen molar-refractivity contribution >= 4 is 17.6 Å². The summed E-state index contributed by atoms with van der Waals surface area (Å²) < 4.78 is 6.96. The van der Waals surface area contributed by atoms with E-state index < -0.39 is 0 Å². The second-order valence-electron chi connectivity index (χ2n) is 3.87. The minimum Gasteiger partial charge on any atom is -0.464 e. The molecule has 2 aromatic rings. The Kier molecular flexibility index (Phi) is 3.79. The Balaban J connectivity index is 2.26. The largest absolute Gasteiger partial charge is 0.464 e. The molecule has 0 aliphatic carbocycles. The van der Waals surface area contributed by atoms with Crippen LogP contribution in [0.15, 0.2) is 6.20 Å². The summed E-state index contributed by atoms with van der Waals surface area (Å²) in [5.41, 5.74) is 7.39. The van der Waals surface area contributed by atoms with Crippen molar-refractivity contribution in [2.45, 2.75) is 20.3 Å². The molecule has 0 saturated heterocycles. The molecule has 3 N–H and O–H groups in total. The average Bonchev–Trinajstić information content (AvgIpc) is 2.69. The lowest BCUT2D eigenvalue weighted by Crippen LogP contribution is -2.07. The molecule has 0 radical (unpaired) electrons. The number of nitrogen functional groups attached to an aromatic ring is 1. The van der Waals surface area contributed by atoms with E-state index in [0.29, 0.717) is 12.6 Å². The van der Waals surface area contributed by atoms with E-state index in [1.54, 1.807) is 4.68 Å². The number of hydrogen-bond acceptors (Lipinski definition) is 7. The molecule has 102 valence electrons. The van der Waals surface area contributed by atoms with Gasteiger partial charge in [0.15, 0.2) is 0 Å². The number of ether oxygens (including phenoxy) is 1. The second-order valence-corrected chi connectivity index (χ2v) is 3.87. The summed E-state index contributed by atoms with van der Waals surface area (Å²) in [5.74, 6) is 0.460. The number of aryl methyl sites for hydroxylation is 2. The molecule has 0 aliphatic heterocycles. The highest BCUT2D eigenvalue weighted by atomic mass is 16.5. The van der Waals surface area contributed by atoms with Gasteiger partial charge < -0.3 is 15.8 Å². The van der Waals surface area contributed by atoms with Crippen molar-refractivity contribution in [3.8, 4) is 6.01 Å². The zero-order chi connectivity index (χ0) is 13.8. The van der Waals surface area contributed by atoms with E-state index in [1.807, 2.05) is 27.1 Å². The number of nitrogens with one attached hydrogen (secondary N) is 1. The SMILES string of the molecule is CCOc1nc(N)nc(Nc2cn(C)nc2CC)n1. The maximum absolute atomic E-state index is 5.62. The van der Waals surface area contributed by atoms with E-state index in [9.17, 15) is 0 Å². The van der Waals surface area contributed by atoms with Gasteiger partial charge in [0, 0.05) is 13.2 Å². The highest BCUT2D eigenvalue weighted by Gasteiger charge is 2.10. The lowest BCUT2D eigenvalue weighted by molar-refractivity contribution is 0.312. The van der Waals surface area contributed by atoms with E-state index in [4.69, 9.17) is 10.5 Å². The molecule has 19 heavy (non-hydrogen) atoms. The van der Waals surface area contributed by atoms with Crippen LogP contribution in [0.25, 0.3) is 0 Å². The van der Waals surface area contributed by atoms with Crippen molar-refractivity contribution in [1.82, 2.24) is 24.7 Å². The fraction of sp³-hybridized carbons (Fsp3) is 0.455. The van der Waals surface area contributed by atoms with Crippen molar-refractivity contribution in [3.05, 3.63) is 11.9 Å². The van der Waals surface area contributed by atoms with Crippen LogP contribution in [0.4, 0.5) is 17.6 Å². The summed E-state index contributed by atoms with van der Waals surface area (Å²) in [4.78, 5) is 12.0. The lowest BCUT2D eigenvalue weighted by atomic mass is 10.3. The molecular formula is C11H17N7O. The molecule has 2 aromatic heterocycles. The Morgan fingerprint density at radius 2 is 2.11 bits per heavy atom. The smallest absolute Gasteiger partial charge is 0.323 e. The van der Waals surface area contributed by atoms with Crippen LogP contribution in [0, 0.1) is 0 Å². The molecule has 0 unspecified atom stereocenters. The maximum Gasteiger partial charge on any atom is 0.323 e. The summed E-state index contributed by atoms with van der Waals surface area (Å²) in [6.45, 7) is 4.35. The first-order valence-electron chi connectivity index (χ1n) is 6.06. The van der Waals surface area contributed by atoms with Crippen LogP contribution >= 0.6 is 0 Å². The number of hydrogen-bond donors (Lipinski definition) is 2. The standard InChI is InChI=1S/C11H17N7O/c1-4-7-8(6-18(3)17-7)13-10-14-9(12)15-11(16-10)19-5-2/h6H,4-5H2,1-3H3,(H3,12,13,14,15,16). The van der Waals surface area contributed by atoms with Gasteiger partial charge in [-0.05, 0) is 13.3 Å². The first-order valence-corrected chi connectivity index (χ1v) is 6.06. The van der Waals surface area contributed by atoms with Gasteiger partial charge in [-0.15, -0.1) is 0 Å². The Labute approximate surface area is 111 Å². The van der Waals surface area contributed by atoms with Gasteiger partial charge in [0.1, 0.15) is 0 Å². The Morgan fingerprint density at radius 3 is 2.79 bits per heavy atom. The minimum absolute atomic E-state index is 0.114. The van der Waals surface area contributed by atoms with Gasteiger partial charge in [0.2, 0.25) is 11.9 Å². The molecule has 0 bridgehead atoms. The predicted molar refractivity (Wildman–Crippen MR) is 71.3 cm³/mol. The summed E-state index contributed by atoms with van der Waals surface area (Å²) in [6.07, 6.45) is 2.67. The maximum atomic E-state index is 5.62. The molecule has 0 spiro atoms. The Hall–Kier alpha value is -2.38. The van der Waals surface area contributed by atoms with Crippen LogP contribution in [0.5, 0.6) is 6.01 Å². The van der Waals surface area contributed by atoms with Crippen molar-refractivity contribution in [1.29, 1.82) is 0 Å². The third-order valence-corrected chi connectivity index (χ3v) is 2.39. The first kappa shape index (κ1) is 13.1. The van der Waals surface area contributed by atoms with Gasteiger partial charge in [-0.3, -0.25) is 4.68 Å². The molecule has 0 aliphatic rings. The number of nitrogens with two attached hydrogens (primary N) is 1. The number of anilines is 3. The molecule has 0 saturated carbocycles. The third-order valence-electron chi connectivity index (χ3n) is 2.39. The van der Waals surface area contributed by atoms with E-state index in [2.05, 4.69) is 25.4 Å². The lowest BCUT2D eigenvalue weighted by Gasteiger charge is -2.06. The summed E-state index contributed by atoms with van der Waals surface area (Å²) in [7, 11) is 1.86. The minimum atomic E-state index is 0.114. The monoisotopic (exact) mass is 263 g/mol. The van der Waals surface area contributed by atoms with Crippen LogP contribution in [0.2, 0.25) is 0 Å². The Morgan fingerprint density at radius 1 is 1.32 bits per heavy atom. The van der Waals surface area contributed by atoms with Gasteiger partial charge in [0.05, 0.1) is 18.0 Å². The van der Waals surface area contributed by atoms with Crippen molar-refractivity contribution in [3.63, 3.8) is 0 Å². The molecule has 0 amide bonds. The van der Waals surface area contributed by atoms with Crippen molar-refractivity contribution in [2.75, 3.05) is 17.7 Å². The molecule has 0 fully saturated rings. The van der Waals surface area contributed by atoms with E-state index in [1.165, 1.54) is 0 Å². The molecule has 0 aromatic carbocycles. The van der Waals surface area contributed by atoms with Gasteiger partial charge >= 0.3 is 6.01 Å². The average molecular weight is 263 g/mol. The topological polar surface area (TPSA) is 104 Å². The third kappa shape index (κ3) is 3.09. The van der Waals surface area contributed by atoms with Gasteiger partial charge in [0.25, 0.3) is 0 Å². The van der Waals surface area contributed by atoms with Crippen LogP contribution in [-0.2, 0) is 13.5 Å². The van der Waals surface area contributed by atoms with Crippen molar-refractivity contribution < 1.29 is 4.74 Å².